The number of halogens is 4. The van der Waals surface area contributed by atoms with Gasteiger partial charge in [-0.15, -0.1) is 0 Å². The van der Waals surface area contributed by atoms with E-state index in [1.807, 2.05) is 13.8 Å². The molecule has 19 heavy (non-hydrogen) atoms. The van der Waals surface area contributed by atoms with E-state index in [0.717, 1.165) is 0 Å². The number of aryl methyl sites for hydroxylation is 2. The Morgan fingerprint density at radius 2 is 2.00 bits per heavy atom. The first-order chi connectivity index (χ1) is 8.81. The molecule has 0 amide bonds. The van der Waals surface area contributed by atoms with Gasteiger partial charge in [0.15, 0.2) is 0 Å². The number of hydrogen-bond acceptors (Lipinski definition) is 2. The van der Waals surface area contributed by atoms with Crippen LogP contribution in [-0.4, -0.2) is 28.5 Å². The normalized spacial score (nSPS) is 13.8. The van der Waals surface area contributed by atoms with Crippen molar-refractivity contribution < 1.29 is 13.2 Å². The van der Waals surface area contributed by atoms with Crippen molar-refractivity contribution in [1.29, 1.82) is 0 Å². The second-order valence-corrected chi connectivity index (χ2v) is 5.21. The van der Waals surface area contributed by atoms with Gasteiger partial charge in [-0.2, -0.15) is 18.3 Å². The fourth-order valence-corrected chi connectivity index (χ4v) is 2.33. The summed E-state index contributed by atoms with van der Waals surface area (Å²) in [6.07, 6.45) is -3.70. The molecule has 3 nitrogen and oxygen atoms in total. The highest BCUT2D eigenvalue weighted by Crippen LogP contribution is 2.28. The molecule has 0 radical (unpaired) electrons. The molecule has 0 saturated carbocycles. The van der Waals surface area contributed by atoms with Crippen LogP contribution in [0.25, 0.3) is 0 Å². The smallest absolute Gasteiger partial charge is 0.306 e. The summed E-state index contributed by atoms with van der Waals surface area (Å²) in [6, 6.07) is -1.54. The predicted octanol–water partition coefficient (Wildman–Crippen LogP) is 3.45. The molecule has 1 rings (SSSR count). The van der Waals surface area contributed by atoms with E-state index in [9.17, 15) is 13.2 Å². The zero-order valence-corrected chi connectivity index (χ0v) is 12.9. The minimum atomic E-state index is -4.26. The molecule has 1 heterocycles. The zero-order valence-electron chi connectivity index (χ0n) is 11.3. The average Bonchev–Trinajstić information content (AvgIpc) is 2.60. The second kappa shape index (κ2) is 6.74. The summed E-state index contributed by atoms with van der Waals surface area (Å²) in [6.45, 7) is 6.39. The van der Waals surface area contributed by atoms with Gasteiger partial charge in [-0.25, -0.2) is 0 Å². The Morgan fingerprint density at radius 3 is 2.47 bits per heavy atom. The molecular formula is C12H19BrF3N3. The minimum absolute atomic E-state index is 0.112. The maximum atomic E-state index is 13.0. The van der Waals surface area contributed by atoms with E-state index in [1.54, 1.807) is 11.6 Å². The van der Waals surface area contributed by atoms with Gasteiger partial charge in [0.25, 0.3) is 0 Å². The molecule has 0 bridgehead atoms. The third kappa shape index (κ3) is 4.21. The fraction of sp³-hybridized carbons (Fsp3) is 0.750. The van der Waals surface area contributed by atoms with Crippen LogP contribution in [0, 0.1) is 6.92 Å². The monoisotopic (exact) mass is 341 g/mol. The minimum Gasteiger partial charge on any atom is -0.306 e. The summed E-state index contributed by atoms with van der Waals surface area (Å²) >= 11 is 3.33. The van der Waals surface area contributed by atoms with E-state index >= 15 is 0 Å². The number of hydrogen-bond donors (Lipinski definition) is 1. The molecule has 0 aliphatic carbocycles. The Morgan fingerprint density at radius 1 is 1.37 bits per heavy atom. The van der Waals surface area contributed by atoms with Crippen molar-refractivity contribution in [2.75, 3.05) is 6.54 Å². The van der Waals surface area contributed by atoms with Crippen LogP contribution in [0.4, 0.5) is 13.2 Å². The van der Waals surface area contributed by atoms with E-state index in [1.165, 1.54) is 0 Å². The number of rotatable bonds is 6. The molecular weight excluding hydrogens is 323 g/mol. The topological polar surface area (TPSA) is 29.9 Å². The molecule has 110 valence electrons. The van der Waals surface area contributed by atoms with Crippen LogP contribution in [0.5, 0.6) is 0 Å². The van der Waals surface area contributed by atoms with Gasteiger partial charge in [0.05, 0.1) is 15.9 Å². The van der Waals surface area contributed by atoms with Crippen LogP contribution in [-0.2, 0) is 13.0 Å². The first-order valence-electron chi connectivity index (χ1n) is 6.33. The van der Waals surface area contributed by atoms with E-state index < -0.39 is 12.2 Å². The second-order valence-electron chi connectivity index (χ2n) is 4.41. The summed E-state index contributed by atoms with van der Waals surface area (Å²) in [5.41, 5.74) is 1.30. The van der Waals surface area contributed by atoms with E-state index in [2.05, 4.69) is 26.3 Å². The van der Waals surface area contributed by atoms with Crippen molar-refractivity contribution in [2.45, 2.75) is 52.4 Å². The van der Waals surface area contributed by atoms with Crippen molar-refractivity contribution in [3.05, 3.63) is 15.9 Å². The van der Waals surface area contributed by atoms with Gasteiger partial charge in [0.1, 0.15) is 6.04 Å². The molecule has 0 aliphatic rings. The molecule has 1 unspecified atom stereocenters. The Hall–Kier alpha value is -0.560. The van der Waals surface area contributed by atoms with Crippen LogP contribution in [0.15, 0.2) is 4.47 Å². The quantitative estimate of drug-likeness (QED) is 0.858. The largest absolute Gasteiger partial charge is 0.404 e. The third-order valence-electron chi connectivity index (χ3n) is 2.89. The number of alkyl halides is 3. The van der Waals surface area contributed by atoms with Crippen LogP contribution in [0.3, 0.4) is 0 Å². The van der Waals surface area contributed by atoms with E-state index in [0.29, 0.717) is 35.4 Å². The average molecular weight is 342 g/mol. The zero-order chi connectivity index (χ0) is 14.6. The molecule has 1 N–H and O–H groups in total. The van der Waals surface area contributed by atoms with Gasteiger partial charge in [0.2, 0.25) is 0 Å². The summed E-state index contributed by atoms with van der Waals surface area (Å²) in [5, 5.41) is 6.78. The highest BCUT2D eigenvalue weighted by atomic mass is 79.9. The first kappa shape index (κ1) is 16.5. The van der Waals surface area contributed by atoms with Crippen LogP contribution in [0.1, 0.15) is 31.7 Å². The van der Waals surface area contributed by atoms with Gasteiger partial charge in [-0.3, -0.25) is 4.68 Å². The number of nitrogens with zero attached hydrogens (tertiary/aromatic N) is 2. The Kier molecular flexibility index (Phi) is 5.85. The molecule has 0 aliphatic heterocycles. The molecule has 0 fully saturated rings. The molecule has 1 aromatic rings. The summed E-state index contributed by atoms with van der Waals surface area (Å²) in [4.78, 5) is 0. The Balaban J connectivity index is 2.96. The van der Waals surface area contributed by atoms with Crippen LogP contribution >= 0.6 is 15.9 Å². The van der Waals surface area contributed by atoms with Crippen LogP contribution in [0.2, 0.25) is 0 Å². The Labute approximate surface area is 119 Å². The summed E-state index contributed by atoms with van der Waals surface area (Å²) in [7, 11) is 0. The molecule has 1 aromatic heterocycles. The fourth-order valence-electron chi connectivity index (χ4n) is 1.88. The lowest BCUT2D eigenvalue weighted by Gasteiger charge is -2.22. The molecule has 0 spiro atoms. The summed E-state index contributed by atoms with van der Waals surface area (Å²) < 4.78 is 41.3. The lowest BCUT2D eigenvalue weighted by Crippen LogP contribution is -2.44. The van der Waals surface area contributed by atoms with Crippen molar-refractivity contribution in [3.63, 3.8) is 0 Å². The predicted molar refractivity (Wildman–Crippen MR) is 72.2 cm³/mol. The highest BCUT2D eigenvalue weighted by molar-refractivity contribution is 9.10. The van der Waals surface area contributed by atoms with Crippen LogP contribution < -0.4 is 5.32 Å². The first-order valence-corrected chi connectivity index (χ1v) is 7.12. The molecule has 7 heteroatoms. The Bertz CT molecular complexity index is 415. The van der Waals surface area contributed by atoms with Gasteiger partial charge in [-0.1, -0.05) is 6.92 Å². The lowest BCUT2D eigenvalue weighted by atomic mass is 10.1. The maximum Gasteiger partial charge on any atom is 0.404 e. The van der Waals surface area contributed by atoms with Crippen molar-refractivity contribution in [1.82, 2.24) is 15.1 Å². The van der Waals surface area contributed by atoms with Gasteiger partial charge >= 0.3 is 6.18 Å². The standard InChI is InChI=1S/C12H19BrF3N3/c1-4-6-17-10(12(14,15)16)7-9-11(13)8(3)18-19(9)5-2/h10,17H,4-7H2,1-3H3. The highest BCUT2D eigenvalue weighted by Gasteiger charge is 2.40. The van der Waals surface area contributed by atoms with E-state index in [4.69, 9.17) is 0 Å². The number of nitrogens with one attached hydrogen (secondary N) is 1. The molecule has 0 aromatic carbocycles. The lowest BCUT2D eigenvalue weighted by molar-refractivity contribution is -0.155. The van der Waals surface area contributed by atoms with Gasteiger partial charge in [-0.05, 0) is 42.7 Å². The van der Waals surface area contributed by atoms with Crippen molar-refractivity contribution >= 4 is 15.9 Å². The SMILES string of the molecule is CCCNC(Cc1c(Br)c(C)nn1CC)C(F)(F)F. The van der Waals surface area contributed by atoms with Gasteiger partial charge in [0, 0.05) is 13.0 Å². The third-order valence-corrected chi connectivity index (χ3v) is 3.92. The van der Waals surface area contributed by atoms with Gasteiger partial charge < -0.3 is 5.32 Å². The molecule has 1 atom stereocenters. The van der Waals surface area contributed by atoms with E-state index in [-0.39, 0.29) is 6.42 Å². The molecule has 0 saturated heterocycles. The number of aromatic nitrogens is 2. The maximum absolute atomic E-state index is 13.0. The summed E-state index contributed by atoms with van der Waals surface area (Å²) in [5.74, 6) is 0. The van der Waals surface area contributed by atoms with Crippen molar-refractivity contribution in [2.24, 2.45) is 0 Å². The van der Waals surface area contributed by atoms with Crippen molar-refractivity contribution in [3.8, 4) is 0 Å².